The molecule has 1 aromatic heterocycles. The van der Waals surface area contributed by atoms with E-state index in [1.165, 1.54) is 5.56 Å². The second kappa shape index (κ2) is 6.92. The van der Waals surface area contributed by atoms with Gasteiger partial charge in [-0.1, -0.05) is 17.7 Å². The second-order valence-corrected chi connectivity index (χ2v) is 7.17. The molecule has 1 amide bonds. The second-order valence-electron chi connectivity index (χ2n) is 7.17. The molecule has 3 rings (SSSR count). The number of ether oxygens (including phenoxy) is 1. The van der Waals surface area contributed by atoms with Crippen LogP contribution in [0.5, 0.6) is 5.75 Å². The Morgan fingerprint density at radius 2 is 2.08 bits per heavy atom. The van der Waals surface area contributed by atoms with Gasteiger partial charge in [0.1, 0.15) is 18.1 Å². The van der Waals surface area contributed by atoms with Crippen molar-refractivity contribution < 1.29 is 13.9 Å². The lowest BCUT2D eigenvalue weighted by molar-refractivity contribution is 0.0865. The van der Waals surface area contributed by atoms with Gasteiger partial charge in [-0.3, -0.25) is 4.79 Å². The average molecular weight is 342 g/mol. The zero-order chi connectivity index (χ0) is 18.0. The minimum atomic E-state index is -0.362. The number of rotatable bonds is 7. The van der Waals surface area contributed by atoms with Gasteiger partial charge in [-0.05, 0) is 63.3 Å². The Hall–Kier alpha value is -2.27. The normalized spacial score (nSPS) is 16.3. The lowest BCUT2D eigenvalue weighted by atomic mass is 9.96. The van der Waals surface area contributed by atoms with E-state index in [9.17, 15) is 4.79 Å². The molecule has 0 spiro atoms. The van der Waals surface area contributed by atoms with E-state index in [4.69, 9.17) is 14.9 Å². The highest BCUT2D eigenvalue weighted by Crippen LogP contribution is 2.39. The molecule has 5 nitrogen and oxygen atoms in total. The van der Waals surface area contributed by atoms with Gasteiger partial charge in [0.15, 0.2) is 5.76 Å². The molecule has 1 aliphatic rings. The maximum atomic E-state index is 12.4. The Labute approximate surface area is 148 Å². The van der Waals surface area contributed by atoms with Gasteiger partial charge < -0.3 is 20.2 Å². The van der Waals surface area contributed by atoms with Crippen LogP contribution >= 0.6 is 0 Å². The Balaban J connectivity index is 1.61. The highest BCUT2D eigenvalue weighted by molar-refractivity contribution is 5.92. The molecule has 5 heteroatoms. The third-order valence-electron chi connectivity index (χ3n) is 4.89. The maximum absolute atomic E-state index is 12.4. The summed E-state index contributed by atoms with van der Waals surface area (Å²) in [5.41, 5.74) is 7.76. The zero-order valence-corrected chi connectivity index (χ0v) is 15.1. The summed E-state index contributed by atoms with van der Waals surface area (Å²) in [4.78, 5) is 12.4. The van der Waals surface area contributed by atoms with Crippen LogP contribution in [-0.4, -0.2) is 18.0 Å². The van der Waals surface area contributed by atoms with Gasteiger partial charge in [-0.15, -0.1) is 0 Å². The van der Waals surface area contributed by atoms with Gasteiger partial charge in [0.25, 0.3) is 5.91 Å². The van der Waals surface area contributed by atoms with Crippen LogP contribution in [0.25, 0.3) is 0 Å². The lowest BCUT2D eigenvalue weighted by Crippen LogP contribution is -2.53. The van der Waals surface area contributed by atoms with Crippen LogP contribution in [0.2, 0.25) is 0 Å². The molecule has 0 bridgehead atoms. The quantitative estimate of drug-likeness (QED) is 0.809. The van der Waals surface area contributed by atoms with Crippen molar-refractivity contribution >= 4 is 5.91 Å². The number of amides is 1. The number of hydrogen-bond acceptors (Lipinski definition) is 4. The molecule has 25 heavy (non-hydrogen) atoms. The van der Waals surface area contributed by atoms with Gasteiger partial charge in [-0.2, -0.15) is 0 Å². The van der Waals surface area contributed by atoms with E-state index in [0.717, 1.165) is 24.2 Å². The fraction of sp³-hybridized carbons (Fsp3) is 0.450. The number of nitrogens with two attached hydrogens (primary N) is 1. The van der Waals surface area contributed by atoms with E-state index in [-0.39, 0.29) is 18.1 Å². The Morgan fingerprint density at radius 3 is 2.72 bits per heavy atom. The van der Waals surface area contributed by atoms with Crippen LogP contribution < -0.4 is 15.8 Å². The van der Waals surface area contributed by atoms with E-state index in [2.05, 4.69) is 11.4 Å². The molecule has 1 atom stereocenters. The lowest BCUT2D eigenvalue weighted by Gasteiger charge is -2.28. The number of hydrogen-bond donors (Lipinski definition) is 2. The molecular weight excluding hydrogens is 316 g/mol. The first-order chi connectivity index (χ1) is 11.9. The van der Waals surface area contributed by atoms with Crippen molar-refractivity contribution in [2.24, 2.45) is 11.7 Å². The summed E-state index contributed by atoms with van der Waals surface area (Å²) in [6.07, 6.45) is 2.22. The first-order valence-corrected chi connectivity index (χ1v) is 8.72. The summed E-state index contributed by atoms with van der Waals surface area (Å²) in [5, 5.41) is 3.03. The van der Waals surface area contributed by atoms with Gasteiger partial charge in [0.05, 0.1) is 5.54 Å². The number of aryl methyl sites for hydroxylation is 2. The molecule has 1 aromatic carbocycles. The Bertz CT molecular complexity index is 764. The van der Waals surface area contributed by atoms with Crippen LogP contribution in [0.1, 0.15) is 47.2 Å². The first-order valence-electron chi connectivity index (χ1n) is 8.72. The molecule has 1 saturated carbocycles. The van der Waals surface area contributed by atoms with Crippen LogP contribution in [0.3, 0.4) is 0 Å². The predicted octanol–water partition coefficient (Wildman–Crippen LogP) is 3.33. The molecule has 0 saturated heterocycles. The average Bonchev–Trinajstić information content (AvgIpc) is 3.33. The van der Waals surface area contributed by atoms with Crippen LogP contribution in [0.15, 0.2) is 34.7 Å². The molecule has 1 unspecified atom stereocenters. The van der Waals surface area contributed by atoms with Gasteiger partial charge in [0.2, 0.25) is 0 Å². The number of carbonyl (C=O) groups excluding carboxylic acids is 1. The third kappa shape index (κ3) is 4.04. The van der Waals surface area contributed by atoms with E-state index >= 15 is 0 Å². The Kier molecular flexibility index (Phi) is 4.86. The van der Waals surface area contributed by atoms with Crippen LogP contribution in [0, 0.1) is 19.8 Å². The fourth-order valence-electron chi connectivity index (χ4n) is 3.05. The molecule has 1 fully saturated rings. The zero-order valence-electron chi connectivity index (χ0n) is 15.1. The minimum absolute atomic E-state index is 0.224. The number of furan rings is 1. The van der Waals surface area contributed by atoms with E-state index in [1.54, 1.807) is 12.1 Å². The van der Waals surface area contributed by atoms with Crippen LogP contribution in [-0.2, 0) is 6.61 Å². The smallest absolute Gasteiger partial charge is 0.287 e. The number of nitrogens with one attached hydrogen (secondary N) is 1. The van der Waals surface area contributed by atoms with Crippen molar-refractivity contribution in [1.29, 1.82) is 0 Å². The minimum Gasteiger partial charge on any atom is -0.485 e. The van der Waals surface area contributed by atoms with Gasteiger partial charge in [0, 0.05) is 6.54 Å². The maximum Gasteiger partial charge on any atom is 0.287 e. The van der Waals surface area contributed by atoms with Gasteiger partial charge in [-0.25, -0.2) is 0 Å². The number of carbonyl (C=O) groups is 1. The summed E-state index contributed by atoms with van der Waals surface area (Å²) >= 11 is 0. The molecule has 0 aliphatic heterocycles. The van der Waals surface area contributed by atoms with Crippen molar-refractivity contribution in [2.75, 3.05) is 6.54 Å². The van der Waals surface area contributed by atoms with E-state index in [1.807, 2.05) is 32.9 Å². The standard InChI is InChI=1S/C20H26N2O3/c1-13-4-8-17(14(2)10-13)24-11-16-7-9-18(25-16)19(23)22-20(3,12-21)15-5-6-15/h4,7-10,15H,5-6,11-12,21H2,1-3H3,(H,22,23). The molecule has 1 heterocycles. The molecule has 1 aliphatic carbocycles. The van der Waals surface area contributed by atoms with Crippen LogP contribution in [0.4, 0.5) is 0 Å². The van der Waals surface area contributed by atoms with Crippen molar-refractivity contribution in [2.45, 2.75) is 45.8 Å². The fourth-order valence-corrected chi connectivity index (χ4v) is 3.05. The molecule has 2 aromatic rings. The molecular formula is C20H26N2O3. The highest BCUT2D eigenvalue weighted by Gasteiger charge is 2.42. The summed E-state index contributed by atoms with van der Waals surface area (Å²) in [6, 6.07) is 9.48. The monoisotopic (exact) mass is 342 g/mol. The largest absolute Gasteiger partial charge is 0.485 e. The highest BCUT2D eigenvalue weighted by atomic mass is 16.5. The first kappa shape index (κ1) is 17.5. The summed E-state index contributed by atoms with van der Waals surface area (Å²) in [6.45, 7) is 6.76. The number of benzene rings is 1. The molecule has 134 valence electrons. The van der Waals surface area contributed by atoms with Crippen molar-refractivity contribution in [3.8, 4) is 5.75 Å². The molecule has 3 N–H and O–H groups in total. The van der Waals surface area contributed by atoms with Crippen molar-refractivity contribution in [3.05, 3.63) is 53.0 Å². The third-order valence-corrected chi connectivity index (χ3v) is 4.89. The topological polar surface area (TPSA) is 77.5 Å². The Morgan fingerprint density at radius 1 is 1.32 bits per heavy atom. The predicted molar refractivity (Wildman–Crippen MR) is 96.6 cm³/mol. The van der Waals surface area contributed by atoms with Crippen molar-refractivity contribution in [3.63, 3.8) is 0 Å². The summed E-state index contributed by atoms with van der Waals surface area (Å²) < 4.78 is 11.4. The molecule has 0 radical (unpaired) electrons. The van der Waals surface area contributed by atoms with E-state index < -0.39 is 0 Å². The van der Waals surface area contributed by atoms with Gasteiger partial charge >= 0.3 is 0 Å². The van der Waals surface area contributed by atoms with Crippen molar-refractivity contribution in [1.82, 2.24) is 5.32 Å². The summed E-state index contributed by atoms with van der Waals surface area (Å²) in [5.74, 6) is 1.96. The van der Waals surface area contributed by atoms with E-state index in [0.29, 0.717) is 24.0 Å². The SMILES string of the molecule is Cc1ccc(OCc2ccc(C(=O)NC(C)(CN)C3CC3)o2)c(C)c1. The summed E-state index contributed by atoms with van der Waals surface area (Å²) in [7, 11) is 0.